The van der Waals surface area contributed by atoms with E-state index in [0.717, 1.165) is 23.0 Å². The molecule has 1 aromatic heterocycles. The number of nitrogens with zero attached hydrogens (tertiary/aromatic N) is 4. The number of aromatic nitrogens is 3. The summed E-state index contributed by atoms with van der Waals surface area (Å²) in [5, 5.41) is 14.0. The molecule has 1 aromatic carbocycles. The Morgan fingerprint density at radius 3 is 2.81 bits per heavy atom. The summed E-state index contributed by atoms with van der Waals surface area (Å²) in [5.74, 6) is 1.51. The summed E-state index contributed by atoms with van der Waals surface area (Å²) in [6.07, 6.45) is 4.46. The number of benzene rings is 1. The second-order valence-corrected chi connectivity index (χ2v) is 5.32. The second kappa shape index (κ2) is 7.47. The lowest BCUT2D eigenvalue weighted by Gasteiger charge is -2.05. The minimum Gasteiger partial charge on any atom is -0.492 e. The molecule has 112 valence electrons. The van der Waals surface area contributed by atoms with E-state index in [1.807, 2.05) is 38.3 Å². The summed E-state index contributed by atoms with van der Waals surface area (Å²) in [7, 11) is 0. The lowest BCUT2D eigenvalue weighted by atomic mass is 10.2. The molecule has 21 heavy (non-hydrogen) atoms. The van der Waals surface area contributed by atoms with Crippen LogP contribution in [0.3, 0.4) is 0 Å². The molecule has 0 saturated carbocycles. The largest absolute Gasteiger partial charge is 0.492 e. The van der Waals surface area contributed by atoms with Crippen molar-refractivity contribution in [3.05, 3.63) is 34.6 Å². The van der Waals surface area contributed by atoms with Gasteiger partial charge in [-0.25, -0.2) is 0 Å². The van der Waals surface area contributed by atoms with Gasteiger partial charge in [0, 0.05) is 6.42 Å². The van der Waals surface area contributed by atoms with Crippen LogP contribution < -0.4 is 4.74 Å². The highest BCUT2D eigenvalue weighted by Crippen LogP contribution is 2.25. The topological polar surface area (TPSA) is 52.3 Å². The molecule has 2 rings (SSSR count). The van der Waals surface area contributed by atoms with Gasteiger partial charge >= 0.3 is 0 Å². The standard InChI is InChI=1S/C14H17ClN4OS/c1-4-13-17-18-14(21-3)19(13)16-9-10-6-7-12(20-5-2)11(15)8-10/h6-9H,4-5H2,1-3H3/b16-9-. The van der Waals surface area contributed by atoms with Gasteiger partial charge in [-0.1, -0.05) is 30.3 Å². The Balaban J connectivity index is 2.25. The van der Waals surface area contributed by atoms with Gasteiger partial charge in [0.15, 0.2) is 5.82 Å². The van der Waals surface area contributed by atoms with E-state index in [0.29, 0.717) is 17.4 Å². The fourth-order valence-electron chi connectivity index (χ4n) is 1.75. The molecule has 0 spiro atoms. The fourth-order valence-corrected chi connectivity index (χ4v) is 2.45. The average Bonchev–Trinajstić information content (AvgIpc) is 2.89. The van der Waals surface area contributed by atoms with Gasteiger partial charge in [-0.2, -0.15) is 9.78 Å². The van der Waals surface area contributed by atoms with Gasteiger partial charge in [-0.15, -0.1) is 10.2 Å². The number of aryl methyl sites for hydroxylation is 1. The van der Waals surface area contributed by atoms with Crippen molar-refractivity contribution in [1.82, 2.24) is 14.9 Å². The summed E-state index contributed by atoms with van der Waals surface area (Å²) < 4.78 is 7.16. The monoisotopic (exact) mass is 324 g/mol. The van der Waals surface area contributed by atoms with Crippen LogP contribution in [-0.2, 0) is 6.42 Å². The van der Waals surface area contributed by atoms with Gasteiger partial charge in [0.2, 0.25) is 5.16 Å². The summed E-state index contributed by atoms with van der Waals surface area (Å²) in [6.45, 7) is 4.53. The molecular weight excluding hydrogens is 308 g/mol. The zero-order chi connectivity index (χ0) is 15.2. The van der Waals surface area contributed by atoms with E-state index in [-0.39, 0.29) is 0 Å². The van der Waals surface area contributed by atoms with Gasteiger partial charge in [0.1, 0.15) is 5.75 Å². The average molecular weight is 325 g/mol. The predicted molar refractivity (Wildman–Crippen MR) is 86.8 cm³/mol. The third kappa shape index (κ3) is 3.77. The first-order chi connectivity index (χ1) is 10.2. The minimum absolute atomic E-state index is 0.574. The van der Waals surface area contributed by atoms with Crippen molar-refractivity contribution in [2.45, 2.75) is 25.4 Å². The first kappa shape index (κ1) is 15.9. The Kier molecular flexibility index (Phi) is 5.64. The van der Waals surface area contributed by atoms with Gasteiger partial charge in [-0.05, 0) is 36.9 Å². The maximum absolute atomic E-state index is 6.16. The van der Waals surface area contributed by atoms with Crippen LogP contribution in [0.25, 0.3) is 0 Å². The highest BCUT2D eigenvalue weighted by molar-refractivity contribution is 7.98. The Hall–Kier alpha value is -1.53. The first-order valence-corrected chi connectivity index (χ1v) is 8.24. The molecule has 0 atom stereocenters. The van der Waals surface area contributed by atoms with Crippen molar-refractivity contribution >= 4 is 29.6 Å². The molecule has 7 heteroatoms. The normalized spacial score (nSPS) is 11.2. The van der Waals surface area contributed by atoms with E-state index in [2.05, 4.69) is 15.3 Å². The summed E-state index contributed by atoms with van der Waals surface area (Å²) in [4.78, 5) is 0. The van der Waals surface area contributed by atoms with Gasteiger partial charge in [0.25, 0.3) is 0 Å². The van der Waals surface area contributed by atoms with Crippen LogP contribution in [0.4, 0.5) is 0 Å². The molecule has 0 aliphatic rings. The maximum atomic E-state index is 6.16. The molecule has 0 N–H and O–H groups in total. The Morgan fingerprint density at radius 2 is 2.19 bits per heavy atom. The lowest BCUT2D eigenvalue weighted by Crippen LogP contribution is -1.99. The van der Waals surface area contributed by atoms with Crippen LogP contribution in [0.15, 0.2) is 28.5 Å². The molecular formula is C14H17ClN4OS. The van der Waals surface area contributed by atoms with E-state index < -0.39 is 0 Å². The Bertz CT molecular complexity index is 620. The van der Waals surface area contributed by atoms with Crippen LogP contribution in [0.2, 0.25) is 5.02 Å². The highest BCUT2D eigenvalue weighted by atomic mass is 35.5. The molecule has 0 aliphatic carbocycles. The van der Waals surface area contributed by atoms with Gasteiger partial charge in [-0.3, -0.25) is 0 Å². The molecule has 1 heterocycles. The lowest BCUT2D eigenvalue weighted by molar-refractivity contribution is 0.340. The first-order valence-electron chi connectivity index (χ1n) is 6.64. The summed E-state index contributed by atoms with van der Waals surface area (Å²) in [5.41, 5.74) is 0.895. The van der Waals surface area contributed by atoms with E-state index >= 15 is 0 Å². The minimum atomic E-state index is 0.574. The van der Waals surface area contributed by atoms with Crippen molar-refractivity contribution < 1.29 is 4.74 Å². The van der Waals surface area contributed by atoms with Crippen LogP contribution in [0, 0.1) is 0 Å². The van der Waals surface area contributed by atoms with Crippen LogP contribution in [0.5, 0.6) is 5.75 Å². The van der Waals surface area contributed by atoms with Crippen molar-refractivity contribution in [2.75, 3.05) is 12.9 Å². The number of thioether (sulfide) groups is 1. The Labute approximate surface area is 133 Å². The van der Waals surface area contributed by atoms with Crippen molar-refractivity contribution in [3.8, 4) is 5.75 Å². The van der Waals surface area contributed by atoms with Gasteiger partial charge in [0.05, 0.1) is 17.8 Å². The molecule has 0 fully saturated rings. The van der Waals surface area contributed by atoms with E-state index in [1.165, 1.54) is 11.8 Å². The molecule has 0 saturated heterocycles. The van der Waals surface area contributed by atoms with E-state index in [9.17, 15) is 0 Å². The molecule has 0 unspecified atom stereocenters. The van der Waals surface area contributed by atoms with E-state index in [4.69, 9.17) is 16.3 Å². The number of rotatable bonds is 6. The highest BCUT2D eigenvalue weighted by Gasteiger charge is 2.08. The van der Waals surface area contributed by atoms with Crippen molar-refractivity contribution in [3.63, 3.8) is 0 Å². The van der Waals surface area contributed by atoms with Crippen LogP contribution >= 0.6 is 23.4 Å². The zero-order valence-electron chi connectivity index (χ0n) is 12.2. The molecule has 5 nitrogen and oxygen atoms in total. The Morgan fingerprint density at radius 1 is 1.38 bits per heavy atom. The van der Waals surface area contributed by atoms with Crippen LogP contribution in [0.1, 0.15) is 25.2 Å². The number of hydrogen-bond donors (Lipinski definition) is 0. The number of halogens is 1. The second-order valence-electron chi connectivity index (χ2n) is 4.14. The van der Waals surface area contributed by atoms with E-state index in [1.54, 1.807) is 10.9 Å². The van der Waals surface area contributed by atoms with Crippen molar-refractivity contribution in [2.24, 2.45) is 5.10 Å². The third-order valence-electron chi connectivity index (χ3n) is 2.75. The molecule has 2 aromatic rings. The molecule has 0 radical (unpaired) electrons. The zero-order valence-corrected chi connectivity index (χ0v) is 13.8. The molecule has 0 aliphatic heterocycles. The summed E-state index contributed by atoms with van der Waals surface area (Å²) in [6, 6.07) is 5.58. The summed E-state index contributed by atoms with van der Waals surface area (Å²) >= 11 is 7.67. The van der Waals surface area contributed by atoms with Gasteiger partial charge < -0.3 is 4.74 Å². The quantitative estimate of drug-likeness (QED) is 0.603. The van der Waals surface area contributed by atoms with Crippen LogP contribution in [-0.4, -0.2) is 34.0 Å². The SMILES string of the molecule is CCOc1ccc(/C=N\n2c(CC)nnc2SC)cc1Cl. The maximum Gasteiger partial charge on any atom is 0.211 e. The predicted octanol–water partition coefficient (Wildman–Crippen LogP) is 3.50. The smallest absolute Gasteiger partial charge is 0.211 e. The fraction of sp³-hybridized carbons (Fsp3) is 0.357. The third-order valence-corrected chi connectivity index (χ3v) is 3.67. The molecule has 0 bridgehead atoms. The molecule has 0 amide bonds. The van der Waals surface area contributed by atoms with Crippen molar-refractivity contribution in [1.29, 1.82) is 0 Å². The number of hydrogen-bond acceptors (Lipinski definition) is 5. The number of ether oxygens (including phenoxy) is 1.